The van der Waals surface area contributed by atoms with Crippen molar-refractivity contribution in [2.45, 2.75) is 52.4 Å². The summed E-state index contributed by atoms with van der Waals surface area (Å²) in [7, 11) is 0. The van der Waals surface area contributed by atoms with Gasteiger partial charge in [-0.25, -0.2) is 0 Å². The Kier molecular flexibility index (Phi) is 8.62. The molecule has 1 heterocycles. The molecule has 1 aliphatic rings. The zero-order valence-corrected chi connectivity index (χ0v) is 16.2. The van der Waals surface area contributed by atoms with Crippen molar-refractivity contribution in [2.24, 2.45) is 5.92 Å². The van der Waals surface area contributed by atoms with E-state index in [1.807, 2.05) is 18.2 Å². The molecule has 0 aliphatic carbocycles. The zero-order chi connectivity index (χ0) is 18.8. The van der Waals surface area contributed by atoms with Crippen molar-refractivity contribution in [2.75, 3.05) is 31.5 Å². The lowest BCUT2D eigenvalue weighted by Gasteiger charge is -2.30. The van der Waals surface area contributed by atoms with Crippen LogP contribution in [0.5, 0.6) is 0 Å². The van der Waals surface area contributed by atoms with E-state index < -0.39 is 0 Å². The highest BCUT2D eigenvalue weighted by molar-refractivity contribution is 5.92. The van der Waals surface area contributed by atoms with Crippen LogP contribution in [0.3, 0.4) is 0 Å². The normalized spacial score (nSPS) is 15.6. The SMILES string of the molecule is CCCCCNC(=O)C1CCN(CC(=O)Nc2cccc(CC)c2)CC1. The second-order valence-corrected chi connectivity index (χ2v) is 7.15. The fraction of sp³-hybridized carbons (Fsp3) is 0.619. The standard InChI is InChI=1S/C21H33N3O2/c1-3-5-6-12-22-21(26)18-10-13-24(14-11-18)16-20(25)23-19-9-7-8-17(4-2)15-19/h7-9,15,18H,3-6,10-14,16H2,1-2H3,(H,22,26)(H,23,25). The molecule has 5 heteroatoms. The molecule has 2 rings (SSSR count). The van der Waals surface area contributed by atoms with E-state index in [1.54, 1.807) is 0 Å². The summed E-state index contributed by atoms with van der Waals surface area (Å²) >= 11 is 0. The van der Waals surface area contributed by atoms with Crippen LogP contribution in [0, 0.1) is 5.92 Å². The molecule has 1 fully saturated rings. The van der Waals surface area contributed by atoms with Crippen LogP contribution in [0.15, 0.2) is 24.3 Å². The summed E-state index contributed by atoms with van der Waals surface area (Å²) in [5.41, 5.74) is 2.07. The Morgan fingerprint density at radius 2 is 1.92 bits per heavy atom. The Labute approximate surface area is 157 Å². The Bertz CT molecular complexity index is 580. The van der Waals surface area contributed by atoms with Gasteiger partial charge in [0.05, 0.1) is 6.54 Å². The third kappa shape index (κ3) is 6.79. The number of anilines is 1. The number of rotatable bonds is 9. The summed E-state index contributed by atoms with van der Waals surface area (Å²) in [6.45, 7) is 7.04. The smallest absolute Gasteiger partial charge is 0.238 e. The van der Waals surface area contributed by atoms with E-state index in [0.29, 0.717) is 6.54 Å². The largest absolute Gasteiger partial charge is 0.356 e. The van der Waals surface area contributed by atoms with Gasteiger partial charge in [-0.2, -0.15) is 0 Å². The first kappa shape index (κ1) is 20.4. The summed E-state index contributed by atoms with van der Waals surface area (Å²) in [4.78, 5) is 26.6. The Balaban J connectivity index is 1.69. The van der Waals surface area contributed by atoms with Gasteiger partial charge in [0.25, 0.3) is 0 Å². The van der Waals surface area contributed by atoms with Gasteiger partial charge in [0.1, 0.15) is 0 Å². The highest BCUT2D eigenvalue weighted by Gasteiger charge is 2.25. The summed E-state index contributed by atoms with van der Waals surface area (Å²) in [6, 6.07) is 7.98. The molecule has 2 N–H and O–H groups in total. The van der Waals surface area contributed by atoms with E-state index in [9.17, 15) is 9.59 Å². The molecule has 0 saturated carbocycles. The minimum atomic E-state index is 0.0146. The summed E-state index contributed by atoms with van der Waals surface area (Å²) in [6.07, 6.45) is 6.00. The molecule has 26 heavy (non-hydrogen) atoms. The molecule has 0 unspecified atom stereocenters. The zero-order valence-electron chi connectivity index (χ0n) is 16.2. The number of hydrogen-bond acceptors (Lipinski definition) is 3. The molecule has 1 aromatic carbocycles. The van der Waals surface area contributed by atoms with Crippen molar-refractivity contribution in [1.82, 2.24) is 10.2 Å². The third-order valence-electron chi connectivity index (χ3n) is 5.02. The van der Waals surface area contributed by atoms with Crippen LogP contribution in [0.25, 0.3) is 0 Å². The fourth-order valence-electron chi connectivity index (χ4n) is 3.36. The first-order chi connectivity index (χ1) is 12.6. The van der Waals surface area contributed by atoms with Gasteiger partial charge in [-0.3, -0.25) is 14.5 Å². The number of benzene rings is 1. The van der Waals surface area contributed by atoms with Crippen LogP contribution in [0.4, 0.5) is 5.69 Å². The molecule has 1 aliphatic heterocycles. The number of likely N-dealkylation sites (tertiary alicyclic amines) is 1. The molecular formula is C21H33N3O2. The number of amides is 2. The van der Waals surface area contributed by atoms with Crippen molar-refractivity contribution < 1.29 is 9.59 Å². The van der Waals surface area contributed by atoms with Crippen molar-refractivity contribution in [3.63, 3.8) is 0 Å². The van der Waals surface area contributed by atoms with Crippen molar-refractivity contribution in [3.05, 3.63) is 29.8 Å². The van der Waals surface area contributed by atoms with Gasteiger partial charge in [0.2, 0.25) is 11.8 Å². The predicted molar refractivity (Wildman–Crippen MR) is 106 cm³/mol. The quantitative estimate of drug-likeness (QED) is 0.666. The average Bonchev–Trinajstić information content (AvgIpc) is 2.65. The number of carbonyl (C=O) groups is 2. The molecule has 0 spiro atoms. The number of nitrogens with one attached hydrogen (secondary N) is 2. The topological polar surface area (TPSA) is 61.4 Å². The molecule has 5 nitrogen and oxygen atoms in total. The van der Waals surface area contributed by atoms with Crippen LogP contribution < -0.4 is 10.6 Å². The van der Waals surface area contributed by atoms with Gasteiger partial charge >= 0.3 is 0 Å². The second-order valence-electron chi connectivity index (χ2n) is 7.15. The highest BCUT2D eigenvalue weighted by Crippen LogP contribution is 2.17. The van der Waals surface area contributed by atoms with Crippen LogP contribution in [0.1, 0.15) is 51.5 Å². The summed E-state index contributed by atoms with van der Waals surface area (Å²) in [5, 5.41) is 6.03. The van der Waals surface area contributed by atoms with E-state index in [4.69, 9.17) is 0 Å². The molecule has 0 atom stereocenters. The summed E-state index contributed by atoms with van der Waals surface area (Å²) in [5.74, 6) is 0.291. The van der Waals surface area contributed by atoms with Crippen molar-refractivity contribution in [3.8, 4) is 0 Å². The van der Waals surface area contributed by atoms with E-state index in [-0.39, 0.29) is 17.7 Å². The minimum Gasteiger partial charge on any atom is -0.356 e. The first-order valence-electron chi connectivity index (χ1n) is 10.0. The van der Waals surface area contributed by atoms with Crippen molar-refractivity contribution >= 4 is 17.5 Å². The Morgan fingerprint density at radius 1 is 1.15 bits per heavy atom. The Morgan fingerprint density at radius 3 is 2.62 bits per heavy atom. The number of carbonyl (C=O) groups excluding carboxylic acids is 2. The molecule has 2 amide bonds. The fourth-order valence-corrected chi connectivity index (χ4v) is 3.36. The second kappa shape index (κ2) is 11.0. The molecular weight excluding hydrogens is 326 g/mol. The predicted octanol–water partition coefficient (Wildman–Crippen LogP) is 3.21. The van der Waals surface area contributed by atoms with Crippen LogP contribution in [-0.2, 0) is 16.0 Å². The lowest BCUT2D eigenvalue weighted by molar-refractivity contribution is -0.126. The molecule has 0 aromatic heterocycles. The molecule has 1 aromatic rings. The van der Waals surface area contributed by atoms with E-state index in [1.165, 1.54) is 12.0 Å². The van der Waals surface area contributed by atoms with Gasteiger partial charge in [-0.1, -0.05) is 38.8 Å². The number of unbranched alkanes of at least 4 members (excludes halogenated alkanes) is 2. The number of hydrogen-bond donors (Lipinski definition) is 2. The highest BCUT2D eigenvalue weighted by atomic mass is 16.2. The van der Waals surface area contributed by atoms with Crippen LogP contribution >= 0.6 is 0 Å². The Hall–Kier alpha value is -1.88. The molecule has 1 saturated heterocycles. The lowest BCUT2D eigenvalue weighted by atomic mass is 9.96. The van der Waals surface area contributed by atoms with Gasteiger partial charge in [0.15, 0.2) is 0 Å². The van der Waals surface area contributed by atoms with Crippen LogP contribution in [0.2, 0.25) is 0 Å². The number of aryl methyl sites for hydroxylation is 1. The number of nitrogens with zero attached hydrogens (tertiary/aromatic N) is 1. The molecule has 0 bridgehead atoms. The third-order valence-corrected chi connectivity index (χ3v) is 5.02. The van der Waals surface area contributed by atoms with E-state index in [0.717, 1.165) is 57.4 Å². The minimum absolute atomic E-state index is 0.0146. The molecule has 144 valence electrons. The number of piperidine rings is 1. The maximum atomic E-state index is 12.3. The van der Waals surface area contributed by atoms with E-state index in [2.05, 4.69) is 35.4 Å². The lowest BCUT2D eigenvalue weighted by Crippen LogP contribution is -2.43. The maximum Gasteiger partial charge on any atom is 0.238 e. The van der Waals surface area contributed by atoms with Crippen molar-refractivity contribution in [1.29, 1.82) is 0 Å². The van der Waals surface area contributed by atoms with E-state index >= 15 is 0 Å². The van der Waals surface area contributed by atoms with Gasteiger partial charge in [-0.05, 0) is 56.5 Å². The average molecular weight is 360 g/mol. The summed E-state index contributed by atoms with van der Waals surface area (Å²) < 4.78 is 0. The van der Waals surface area contributed by atoms with Gasteiger partial charge in [0, 0.05) is 18.2 Å². The van der Waals surface area contributed by atoms with Gasteiger partial charge < -0.3 is 10.6 Å². The van der Waals surface area contributed by atoms with Crippen LogP contribution in [-0.4, -0.2) is 42.9 Å². The first-order valence-corrected chi connectivity index (χ1v) is 10.0. The maximum absolute atomic E-state index is 12.3. The monoisotopic (exact) mass is 359 g/mol. The molecule has 0 radical (unpaired) electrons. The van der Waals surface area contributed by atoms with Gasteiger partial charge in [-0.15, -0.1) is 0 Å².